The van der Waals surface area contributed by atoms with Crippen molar-refractivity contribution in [3.63, 3.8) is 0 Å². The van der Waals surface area contributed by atoms with Crippen molar-refractivity contribution in [3.05, 3.63) is 76.0 Å². The Kier molecular flexibility index (Phi) is 6.80. The minimum Gasteiger partial charge on any atom is -0.329 e. The van der Waals surface area contributed by atoms with Crippen LogP contribution in [0, 0.1) is 6.92 Å². The van der Waals surface area contributed by atoms with Crippen molar-refractivity contribution in [2.45, 2.75) is 20.0 Å². The summed E-state index contributed by atoms with van der Waals surface area (Å²) in [6, 6.07) is 14.3. The Hall–Kier alpha value is -3.13. The van der Waals surface area contributed by atoms with E-state index in [0.717, 1.165) is 22.8 Å². The number of nitrogens with one attached hydrogen (secondary N) is 1. The molecule has 0 aliphatic carbocycles. The predicted octanol–water partition coefficient (Wildman–Crippen LogP) is 5.84. The first-order chi connectivity index (χ1) is 14.7. The molecule has 162 valence electrons. The van der Waals surface area contributed by atoms with E-state index in [1.165, 1.54) is 34.4 Å². The van der Waals surface area contributed by atoms with Crippen molar-refractivity contribution in [1.29, 1.82) is 0 Å². The highest BCUT2D eigenvalue weighted by Crippen LogP contribution is 2.34. The summed E-state index contributed by atoms with van der Waals surface area (Å²) in [6.45, 7) is 3.57. The van der Waals surface area contributed by atoms with Crippen LogP contribution in [0.25, 0.3) is 11.1 Å². The Labute approximate surface area is 182 Å². The quantitative estimate of drug-likeness (QED) is 0.517. The van der Waals surface area contributed by atoms with Crippen molar-refractivity contribution < 1.29 is 22.8 Å². The maximum absolute atomic E-state index is 13.2. The van der Waals surface area contributed by atoms with E-state index in [2.05, 4.69) is 5.32 Å². The highest BCUT2D eigenvalue weighted by molar-refractivity contribution is 7.12. The van der Waals surface area contributed by atoms with E-state index in [1.54, 1.807) is 12.3 Å². The Balaban J connectivity index is 1.77. The molecule has 0 unspecified atom stereocenters. The summed E-state index contributed by atoms with van der Waals surface area (Å²) in [5.41, 5.74) is 1.47. The molecule has 0 radical (unpaired) electrons. The second kappa shape index (κ2) is 9.34. The number of carbonyl (C=O) groups excluding carboxylic acids is 2. The number of halogens is 3. The molecule has 3 rings (SSSR count). The topological polar surface area (TPSA) is 49.4 Å². The number of likely N-dealkylation sites (N-methyl/N-ethyl adjacent to an activating group) is 1. The molecular weight excluding hydrogens is 425 g/mol. The van der Waals surface area contributed by atoms with Crippen LogP contribution < -0.4 is 5.32 Å². The molecule has 0 saturated carbocycles. The van der Waals surface area contributed by atoms with Gasteiger partial charge in [-0.3, -0.25) is 9.59 Å². The SMILES string of the molecule is CCN(CC(=O)Nc1ccccc1C(F)(F)F)C(=O)c1sccc1-c1ccc(C)cc1. The van der Waals surface area contributed by atoms with Gasteiger partial charge in [0, 0.05) is 12.1 Å². The molecule has 0 saturated heterocycles. The average Bonchev–Trinajstić information content (AvgIpc) is 3.21. The summed E-state index contributed by atoms with van der Waals surface area (Å²) in [5, 5.41) is 4.09. The third-order valence-corrected chi connectivity index (χ3v) is 5.63. The van der Waals surface area contributed by atoms with Gasteiger partial charge in [0.1, 0.15) is 6.54 Å². The third-order valence-electron chi connectivity index (χ3n) is 4.73. The molecule has 2 aromatic carbocycles. The summed E-state index contributed by atoms with van der Waals surface area (Å²) >= 11 is 1.27. The lowest BCUT2D eigenvalue weighted by molar-refractivity contribution is -0.137. The Bertz CT molecular complexity index is 1070. The molecule has 0 aliphatic rings. The van der Waals surface area contributed by atoms with Gasteiger partial charge < -0.3 is 10.2 Å². The number of aryl methyl sites for hydroxylation is 1. The van der Waals surface area contributed by atoms with Crippen molar-refractivity contribution in [2.75, 3.05) is 18.4 Å². The smallest absolute Gasteiger partial charge is 0.329 e. The van der Waals surface area contributed by atoms with E-state index < -0.39 is 17.6 Å². The summed E-state index contributed by atoms with van der Waals surface area (Å²) in [6.07, 6.45) is -4.59. The van der Waals surface area contributed by atoms with Gasteiger partial charge in [-0.05, 0) is 43.0 Å². The second-order valence-corrected chi connectivity index (χ2v) is 7.86. The number of thiophene rings is 1. The van der Waals surface area contributed by atoms with Gasteiger partial charge in [0.2, 0.25) is 5.91 Å². The second-order valence-electron chi connectivity index (χ2n) is 6.94. The van der Waals surface area contributed by atoms with Gasteiger partial charge in [-0.25, -0.2) is 0 Å². The zero-order valence-corrected chi connectivity index (χ0v) is 17.8. The molecule has 0 fully saturated rings. The number of anilines is 1. The van der Waals surface area contributed by atoms with Crippen molar-refractivity contribution in [2.24, 2.45) is 0 Å². The van der Waals surface area contributed by atoms with Crippen LogP contribution in [0.5, 0.6) is 0 Å². The molecule has 0 atom stereocenters. The van der Waals surface area contributed by atoms with Gasteiger partial charge in [-0.1, -0.05) is 42.0 Å². The third kappa shape index (κ3) is 5.32. The molecule has 1 heterocycles. The molecule has 0 spiro atoms. The molecular formula is C23H21F3N2O2S. The first-order valence-electron chi connectivity index (χ1n) is 9.60. The fourth-order valence-corrected chi connectivity index (χ4v) is 3.99. The Morgan fingerprint density at radius 3 is 2.35 bits per heavy atom. The number of alkyl halides is 3. The lowest BCUT2D eigenvalue weighted by Gasteiger charge is -2.21. The summed E-state index contributed by atoms with van der Waals surface area (Å²) < 4.78 is 39.5. The number of carbonyl (C=O) groups is 2. The van der Waals surface area contributed by atoms with Crippen LogP contribution in [0.4, 0.5) is 18.9 Å². The van der Waals surface area contributed by atoms with E-state index in [9.17, 15) is 22.8 Å². The lowest BCUT2D eigenvalue weighted by atomic mass is 10.0. The van der Waals surface area contributed by atoms with Crippen molar-refractivity contribution in [3.8, 4) is 11.1 Å². The van der Waals surface area contributed by atoms with Crippen LogP contribution in [0.2, 0.25) is 0 Å². The molecule has 0 aliphatic heterocycles. The van der Waals surface area contributed by atoms with Gasteiger partial charge in [0.05, 0.1) is 16.1 Å². The summed E-state index contributed by atoms with van der Waals surface area (Å²) in [4.78, 5) is 27.3. The molecule has 0 bridgehead atoms. The Morgan fingerprint density at radius 2 is 1.71 bits per heavy atom. The minimum atomic E-state index is -4.59. The molecule has 3 aromatic rings. The first kappa shape index (κ1) is 22.6. The van der Waals surface area contributed by atoms with Crippen molar-refractivity contribution in [1.82, 2.24) is 4.90 Å². The van der Waals surface area contributed by atoms with Gasteiger partial charge >= 0.3 is 6.18 Å². The van der Waals surface area contributed by atoms with Gasteiger partial charge in [-0.2, -0.15) is 13.2 Å². The molecule has 1 N–H and O–H groups in total. The number of nitrogens with zero attached hydrogens (tertiary/aromatic N) is 1. The number of hydrogen-bond acceptors (Lipinski definition) is 3. The molecule has 31 heavy (non-hydrogen) atoms. The van der Waals surface area contributed by atoms with E-state index in [1.807, 2.05) is 37.3 Å². The predicted molar refractivity (Wildman–Crippen MR) is 116 cm³/mol. The normalized spacial score (nSPS) is 11.3. The summed E-state index contributed by atoms with van der Waals surface area (Å²) in [5.74, 6) is -1.03. The average molecular weight is 446 g/mol. The molecule has 4 nitrogen and oxygen atoms in total. The largest absolute Gasteiger partial charge is 0.418 e. The minimum absolute atomic E-state index is 0.235. The molecule has 8 heteroatoms. The Morgan fingerprint density at radius 1 is 1.03 bits per heavy atom. The van der Waals surface area contributed by atoms with Gasteiger partial charge in [-0.15, -0.1) is 11.3 Å². The zero-order chi connectivity index (χ0) is 22.6. The van der Waals surface area contributed by atoms with Crippen molar-refractivity contribution >= 4 is 28.8 Å². The van der Waals surface area contributed by atoms with E-state index in [4.69, 9.17) is 0 Å². The van der Waals surface area contributed by atoms with Gasteiger partial charge in [0.25, 0.3) is 5.91 Å². The highest BCUT2D eigenvalue weighted by atomic mass is 32.1. The van der Waals surface area contributed by atoms with E-state index in [-0.39, 0.29) is 24.7 Å². The van der Waals surface area contributed by atoms with E-state index >= 15 is 0 Å². The van der Waals surface area contributed by atoms with Crippen LogP contribution in [-0.4, -0.2) is 29.8 Å². The van der Waals surface area contributed by atoms with Crippen LogP contribution >= 0.6 is 11.3 Å². The van der Waals surface area contributed by atoms with Crippen LogP contribution in [0.3, 0.4) is 0 Å². The number of para-hydroxylation sites is 1. The van der Waals surface area contributed by atoms with E-state index in [0.29, 0.717) is 4.88 Å². The van der Waals surface area contributed by atoms with Crippen LogP contribution in [0.15, 0.2) is 60.0 Å². The molecule has 1 aromatic heterocycles. The zero-order valence-electron chi connectivity index (χ0n) is 17.0. The monoisotopic (exact) mass is 446 g/mol. The number of benzene rings is 2. The van der Waals surface area contributed by atoms with Crippen LogP contribution in [-0.2, 0) is 11.0 Å². The number of hydrogen-bond donors (Lipinski definition) is 1. The summed E-state index contributed by atoms with van der Waals surface area (Å²) in [7, 11) is 0. The highest BCUT2D eigenvalue weighted by Gasteiger charge is 2.33. The first-order valence-corrected chi connectivity index (χ1v) is 10.5. The number of rotatable bonds is 6. The lowest BCUT2D eigenvalue weighted by Crippen LogP contribution is -2.38. The fourth-order valence-electron chi connectivity index (χ4n) is 3.11. The standard InChI is InChI=1S/C23H21F3N2O2S/c1-3-28(14-20(29)27-19-7-5-4-6-18(19)23(24,25)26)22(30)21-17(12-13-31-21)16-10-8-15(2)9-11-16/h4-13H,3,14H2,1-2H3,(H,27,29). The van der Waals surface area contributed by atoms with Crippen LogP contribution in [0.1, 0.15) is 27.7 Å². The maximum Gasteiger partial charge on any atom is 0.418 e. The fraction of sp³-hybridized carbons (Fsp3) is 0.217. The van der Waals surface area contributed by atoms with Gasteiger partial charge in [0.15, 0.2) is 0 Å². The maximum atomic E-state index is 13.2. The molecule has 2 amide bonds. The number of amides is 2.